The van der Waals surface area contributed by atoms with Gasteiger partial charge in [0.05, 0.1) is 5.69 Å². The molecule has 0 aliphatic heterocycles. The minimum absolute atomic E-state index is 0.212. The number of sulfonamides is 1. The lowest BCUT2D eigenvalue weighted by Gasteiger charge is -2.22. The molecule has 1 aromatic carbocycles. The van der Waals surface area contributed by atoms with Crippen molar-refractivity contribution >= 4 is 15.7 Å². The molecule has 0 amide bonds. The fourth-order valence-electron chi connectivity index (χ4n) is 1.42. The van der Waals surface area contributed by atoms with E-state index in [2.05, 4.69) is 19.2 Å². The van der Waals surface area contributed by atoms with Gasteiger partial charge < -0.3 is 5.32 Å². The Labute approximate surface area is 110 Å². The van der Waals surface area contributed by atoms with Gasteiger partial charge in [0.25, 0.3) is 0 Å². The first-order valence-corrected chi connectivity index (χ1v) is 7.49. The highest BCUT2D eigenvalue weighted by Gasteiger charge is 2.21. The lowest BCUT2D eigenvalue weighted by Crippen LogP contribution is -2.26. The SMILES string of the molecule is CC(C)C(C)Nc1ccccc1S(=O)(=O)N(C)C. The Bertz CT molecular complexity index is 495. The molecule has 0 spiro atoms. The molecule has 1 unspecified atom stereocenters. The van der Waals surface area contributed by atoms with Crippen LogP contribution in [-0.4, -0.2) is 32.9 Å². The Morgan fingerprint density at radius 3 is 2.17 bits per heavy atom. The van der Waals surface area contributed by atoms with Gasteiger partial charge in [0, 0.05) is 20.1 Å². The summed E-state index contributed by atoms with van der Waals surface area (Å²) in [6.45, 7) is 6.24. The minimum atomic E-state index is -3.41. The Hall–Kier alpha value is -1.07. The molecule has 5 heteroatoms. The molecule has 18 heavy (non-hydrogen) atoms. The summed E-state index contributed by atoms with van der Waals surface area (Å²) in [5, 5.41) is 3.27. The third-order valence-corrected chi connectivity index (χ3v) is 4.90. The molecule has 1 aromatic rings. The topological polar surface area (TPSA) is 49.4 Å². The molecule has 0 aromatic heterocycles. The van der Waals surface area contributed by atoms with Gasteiger partial charge in [-0.1, -0.05) is 26.0 Å². The van der Waals surface area contributed by atoms with Crippen LogP contribution in [-0.2, 0) is 10.0 Å². The van der Waals surface area contributed by atoms with Crippen molar-refractivity contribution < 1.29 is 8.42 Å². The second-order valence-electron chi connectivity index (χ2n) is 4.96. The summed E-state index contributed by atoms with van der Waals surface area (Å²) in [4.78, 5) is 0.322. The highest BCUT2D eigenvalue weighted by molar-refractivity contribution is 7.89. The second kappa shape index (κ2) is 5.71. The number of hydrogen-bond donors (Lipinski definition) is 1. The van der Waals surface area contributed by atoms with Crippen molar-refractivity contribution in [1.82, 2.24) is 4.31 Å². The van der Waals surface area contributed by atoms with Gasteiger partial charge in [-0.2, -0.15) is 0 Å². The molecule has 0 fully saturated rings. The highest BCUT2D eigenvalue weighted by atomic mass is 32.2. The minimum Gasteiger partial charge on any atom is -0.381 e. The van der Waals surface area contributed by atoms with E-state index in [9.17, 15) is 8.42 Å². The number of nitrogens with zero attached hydrogens (tertiary/aromatic N) is 1. The summed E-state index contributed by atoms with van der Waals surface area (Å²) in [6, 6.07) is 7.22. The Morgan fingerprint density at radius 2 is 1.67 bits per heavy atom. The van der Waals surface area contributed by atoms with Gasteiger partial charge in [-0.05, 0) is 25.0 Å². The first kappa shape index (κ1) is 15.0. The molecule has 0 saturated carbocycles. The first-order chi connectivity index (χ1) is 8.26. The number of para-hydroxylation sites is 1. The third kappa shape index (κ3) is 3.23. The molecule has 0 heterocycles. The maximum absolute atomic E-state index is 12.2. The van der Waals surface area contributed by atoms with Gasteiger partial charge in [0.15, 0.2) is 0 Å². The van der Waals surface area contributed by atoms with Crippen LogP contribution < -0.4 is 5.32 Å². The molecule has 1 N–H and O–H groups in total. The van der Waals surface area contributed by atoms with Crippen molar-refractivity contribution in [1.29, 1.82) is 0 Å². The monoisotopic (exact) mass is 270 g/mol. The van der Waals surface area contributed by atoms with E-state index in [-0.39, 0.29) is 6.04 Å². The summed E-state index contributed by atoms with van der Waals surface area (Å²) in [5.41, 5.74) is 0.660. The molecule has 0 saturated heterocycles. The van der Waals surface area contributed by atoms with Gasteiger partial charge >= 0.3 is 0 Å². The average Bonchev–Trinajstić information content (AvgIpc) is 2.29. The van der Waals surface area contributed by atoms with Crippen LogP contribution in [0.4, 0.5) is 5.69 Å². The molecular formula is C13H22N2O2S. The summed E-state index contributed by atoms with van der Waals surface area (Å²) >= 11 is 0. The number of benzene rings is 1. The quantitative estimate of drug-likeness (QED) is 0.893. The zero-order chi connectivity index (χ0) is 13.9. The fourth-order valence-corrected chi connectivity index (χ4v) is 2.47. The summed E-state index contributed by atoms with van der Waals surface area (Å²) in [6.07, 6.45) is 0. The van der Waals surface area contributed by atoms with Gasteiger partial charge in [-0.15, -0.1) is 0 Å². The standard InChI is InChI=1S/C13H22N2O2S/c1-10(2)11(3)14-12-8-6-7-9-13(12)18(16,17)15(4)5/h6-11,14H,1-5H3. The van der Waals surface area contributed by atoms with Crippen LogP contribution in [0.3, 0.4) is 0 Å². The first-order valence-electron chi connectivity index (χ1n) is 6.05. The van der Waals surface area contributed by atoms with Gasteiger partial charge in [-0.25, -0.2) is 12.7 Å². The van der Waals surface area contributed by atoms with Crippen molar-refractivity contribution in [2.75, 3.05) is 19.4 Å². The molecule has 0 radical (unpaired) electrons. The predicted octanol–water partition coefficient (Wildman–Crippen LogP) is 2.39. The van der Waals surface area contributed by atoms with Crippen LogP contribution in [0.2, 0.25) is 0 Å². The van der Waals surface area contributed by atoms with E-state index in [1.807, 2.05) is 13.0 Å². The molecule has 4 nitrogen and oxygen atoms in total. The summed E-state index contributed by atoms with van der Waals surface area (Å²) < 4.78 is 25.6. The van der Waals surface area contributed by atoms with E-state index in [0.717, 1.165) is 0 Å². The predicted molar refractivity (Wildman–Crippen MR) is 75.2 cm³/mol. The Kier molecular flexibility index (Phi) is 4.76. The number of rotatable bonds is 5. The fraction of sp³-hybridized carbons (Fsp3) is 0.538. The van der Waals surface area contributed by atoms with Crippen LogP contribution in [0.15, 0.2) is 29.2 Å². The zero-order valence-corrected chi connectivity index (χ0v) is 12.5. The van der Waals surface area contributed by atoms with Gasteiger partial charge in [0.1, 0.15) is 4.90 Å². The lowest BCUT2D eigenvalue weighted by atomic mass is 10.1. The maximum Gasteiger partial charge on any atom is 0.244 e. The highest BCUT2D eigenvalue weighted by Crippen LogP contribution is 2.24. The van der Waals surface area contributed by atoms with Crippen molar-refractivity contribution in [2.24, 2.45) is 5.92 Å². The molecule has 0 aliphatic carbocycles. The summed E-state index contributed by atoms with van der Waals surface area (Å²) in [5.74, 6) is 0.431. The summed E-state index contributed by atoms with van der Waals surface area (Å²) in [7, 11) is -0.329. The van der Waals surface area contributed by atoms with Crippen LogP contribution >= 0.6 is 0 Å². The van der Waals surface area contributed by atoms with Crippen LogP contribution in [0.5, 0.6) is 0 Å². The van der Waals surface area contributed by atoms with E-state index >= 15 is 0 Å². The largest absolute Gasteiger partial charge is 0.381 e. The van der Waals surface area contributed by atoms with Crippen molar-refractivity contribution in [3.05, 3.63) is 24.3 Å². The number of anilines is 1. The molecular weight excluding hydrogens is 248 g/mol. The number of hydrogen-bond acceptors (Lipinski definition) is 3. The lowest BCUT2D eigenvalue weighted by molar-refractivity contribution is 0.520. The van der Waals surface area contributed by atoms with E-state index in [1.165, 1.54) is 18.4 Å². The third-order valence-electron chi connectivity index (χ3n) is 3.03. The van der Waals surface area contributed by atoms with Gasteiger partial charge in [-0.3, -0.25) is 0 Å². The normalized spacial score (nSPS) is 13.9. The molecule has 1 atom stereocenters. The molecule has 0 aliphatic rings. The van der Waals surface area contributed by atoms with Crippen LogP contribution in [0.1, 0.15) is 20.8 Å². The Balaban J connectivity index is 3.16. The molecule has 1 rings (SSSR count). The number of nitrogens with one attached hydrogen (secondary N) is 1. The smallest absolute Gasteiger partial charge is 0.244 e. The molecule has 102 valence electrons. The van der Waals surface area contributed by atoms with Crippen molar-refractivity contribution in [3.8, 4) is 0 Å². The van der Waals surface area contributed by atoms with Crippen LogP contribution in [0.25, 0.3) is 0 Å². The van der Waals surface area contributed by atoms with E-state index in [0.29, 0.717) is 16.5 Å². The van der Waals surface area contributed by atoms with E-state index < -0.39 is 10.0 Å². The van der Waals surface area contributed by atoms with E-state index in [1.54, 1.807) is 18.2 Å². The van der Waals surface area contributed by atoms with Crippen molar-refractivity contribution in [2.45, 2.75) is 31.7 Å². The van der Waals surface area contributed by atoms with Crippen molar-refractivity contribution in [3.63, 3.8) is 0 Å². The van der Waals surface area contributed by atoms with Crippen LogP contribution in [0, 0.1) is 5.92 Å². The van der Waals surface area contributed by atoms with E-state index in [4.69, 9.17) is 0 Å². The molecule has 0 bridgehead atoms. The Morgan fingerprint density at radius 1 is 1.11 bits per heavy atom. The zero-order valence-electron chi connectivity index (χ0n) is 11.6. The van der Waals surface area contributed by atoms with Gasteiger partial charge in [0.2, 0.25) is 10.0 Å². The second-order valence-corrected chi connectivity index (χ2v) is 7.08. The average molecular weight is 270 g/mol. The maximum atomic E-state index is 12.2.